The van der Waals surface area contributed by atoms with Gasteiger partial charge in [-0.1, -0.05) is 38.1 Å². The van der Waals surface area contributed by atoms with E-state index < -0.39 is 41.2 Å². The molecule has 1 unspecified atom stereocenters. The lowest BCUT2D eigenvalue weighted by molar-refractivity contribution is -0.145. The van der Waals surface area contributed by atoms with Crippen LogP contribution in [-0.2, 0) is 28.4 Å². The standard InChI is InChI=1S/C29H28F7NO2/c1-4-39-27(38)25(11-17(2)3)21-12-20(18-5-8-22(9-6-18)28(31,32)33)13-24(14-21)37-16-19-7-10-23(30)15-26(19)29(34,35)36/h5-10,12-15,17,25,37H,4,11,16H2,1-3H3. The zero-order valence-corrected chi connectivity index (χ0v) is 21.5. The number of carbonyl (C=O) groups excluding carboxylic acids is 1. The van der Waals surface area contributed by atoms with Gasteiger partial charge in [-0.3, -0.25) is 4.79 Å². The summed E-state index contributed by atoms with van der Waals surface area (Å²) in [6.07, 6.45) is -8.89. The second kappa shape index (κ2) is 12.1. The smallest absolute Gasteiger partial charge is 0.416 e. The van der Waals surface area contributed by atoms with Gasteiger partial charge in [0.2, 0.25) is 0 Å². The lowest BCUT2D eigenvalue weighted by Crippen LogP contribution is -2.18. The van der Waals surface area contributed by atoms with Crippen LogP contribution in [0.2, 0.25) is 0 Å². The van der Waals surface area contributed by atoms with E-state index >= 15 is 0 Å². The van der Waals surface area contributed by atoms with Crippen molar-refractivity contribution in [2.24, 2.45) is 5.92 Å². The Labute approximate surface area is 222 Å². The van der Waals surface area contributed by atoms with Gasteiger partial charge in [0.25, 0.3) is 0 Å². The fourth-order valence-electron chi connectivity index (χ4n) is 4.22. The quantitative estimate of drug-likeness (QED) is 0.212. The van der Waals surface area contributed by atoms with Crippen molar-refractivity contribution < 1.29 is 40.3 Å². The van der Waals surface area contributed by atoms with Crippen LogP contribution >= 0.6 is 0 Å². The molecule has 0 spiro atoms. The first kappa shape index (κ1) is 30.0. The van der Waals surface area contributed by atoms with Crippen LogP contribution in [0.3, 0.4) is 0 Å². The molecule has 39 heavy (non-hydrogen) atoms. The van der Waals surface area contributed by atoms with Gasteiger partial charge in [-0.05, 0) is 77.9 Å². The van der Waals surface area contributed by atoms with Gasteiger partial charge in [-0.25, -0.2) is 4.39 Å². The summed E-state index contributed by atoms with van der Waals surface area (Å²) in [6, 6.07) is 11.7. The van der Waals surface area contributed by atoms with Crippen LogP contribution < -0.4 is 5.32 Å². The summed E-state index contributed by atoms with van der Waals surface area (Å²) in [6.45, 7) is 5.31. The predicted molar refractivity (Wildman–Crippen MR) is 134 cm³/mol. The van der Waals surface area contributed by atoms with Crippen molar-refractivity contribution >= 4 is 11.7 Å². The Morgan fingerprint density at radius 1 is 0.872 bits per heavy atom. The summed E-state index contributed by atoms with van der Waals surface area (Å²) in [5, 5.41) is 2.90. The molecule has 1 N–H and O–H groups in total. The third-order valence-electron chi connectivity index (χ3n) is 6.04. The molecule has 0 aliphatic heterocycles. The van der Waals surface area contributed by atoms with Crippen LogP contribution in [-0.4, -0.2) is 12.6 Å². The van der Waals surface area contributed by atoms with Gasteiger partial charge in [0, 0.05) is 12.2 Å². The van der Waals surface area contributed by atoms with E-state index in [0.717, 1.165) is 24.3 Å². The van der Waals surface area contributed by atoms with Crippen molar-refractivity contribution in [2.45, 2.75) is 52.0 Å². The first-order valence-electron chi connectivity index (χ1n) is 12.3. The minimum Gasteiger partial charge on any atom is -0.466 e. The second-order valence-electron chi connectivity index (χ2n) is 9.51. The molecule has 0 saturated heterocycles. The molecule has 0 aromatic heterocycles. The number of esters is 1. The van der Waals surface area contributed by atoms with E-state index in [1.807, 2.05) is 13.8 Å². The maximum absolute atomic E-state index is 13.5. The summed E-state index contributed by atoms with van der Waals surface area (Å²) in [7, 11) is 0. The Balaban J connectivity index is 2.07. The van der Waals surface area contributed by atoms with E-state index in [0.29, 0.717) is 34.9 Å². The Morgan fingerprint density at radius 2 is 1.54 bits per heavy atom. The van der Waals surface area contributed by atoms with Crippen LogP contribution in [0.1, 0.15) is 55.4 Å². The molecule has 10 heteroatoms. The molecular weight excluding hydrogens is 527 g/mol. The second-order valence-corrected chi connectivity index (χ2v) is 9.51. The molecule has 3 aromatic carbocycles. The zero-order valence-electron chi connectivity index (χ0n) is 21.5. The SMILES string of the molecule is CCOC(=O)C(CC(C)C)c1cc(NCc2ccc(F)cc2C(F)(F)F)cc(-c2ccc(C(F)(F)F)cc2)c1. The highest BCUT2D eigenvalue weighted by atomic mass is 19.4. The molecule has 0 saturated carbocycles. The van der Waals surface area contributed by atoms with Crippen LogP contribution in [0, 0.1) is 11.7 Å². The lowest BCUT2D eigenvalue weighted by atomic mass is 9.88. The number of hydrogen-bond acceptors (Lipinski definition) is 3. The first-order chi connectivity index (χ1) is 18.2. The third kappa shape index (κ3) is 7.97. The fraction of sp³-hybridized carbons (Fsp3) is 0.345. The normalized spacial score (nSPS) is 12.9. The molecule has 0 fully saturated rings. The third-order valence-corrected chi connectivity index (χ3v) is 6.04. The zero-order chi connectivity index (χ0) is 29.0. The van der Waals surface area contributed by atoms with Gasteiger partial charge in [0.15, 0.2) is 0 Å². The topological polar surface area (TPSA) is 38.3 Å². The molecule has 210 valence electrons. The van der Waals surface area contributed by atoms with Gasteiger partial charge < -0.3 is 10.1 Å². The number of carbonyl (C=O) groups is 1. The van der Waals surface area contributed by atoms with E-state index in [9.17, 15) is 35.5 Å². The van der Waals surface area contributed by atoms with Crippen LogP contribution in [0.15, 0.2) is 60.7 Å². The first-order valence-corrected chi connectivity index (χ1v) is 12.3. The largest absolute Gasteiger partial charge is 0.466 e. The maximum atomic E-state index is 13.5. The minimum absolute atomic E-state index is 0.0825. The molecule has 0 aliphatic rings. The number of halogens is 7. The molecular formula is C29H28F7NO2. The number of anilines is 1. The average molecular weight is 556 g/mol. The Bertz CT molecular complexity index is 1280. The highest BCUT2D eigenvalue weighted by Crippen LogP contribution is 2.36. The number of rotatable bonds is 9. The van der Waals surface area contributed by atoms with Gasteiger partial charge in [0.05, 0.1) is 23.7 Å². The van der Waals surface area contributed by atoms with E-state index in [1.165, 1.54) is 12.1 Å². The van der Waals surface area contributed by atoms with E-state index in [-0.39, 0.29) is 24.6 Å². The Hall–Kier alpha value is -3.56. The number of benzene rings is 3. The van der Waals surface area contributed by atoms with Crippen molar-refractivity contribution in [3.05, 3.63) is 88.7 Å². The van der Waals surface area contributed by atoms with Crippen LogP contribution in [0.4, 0.5) is 36.4 Å². The van der Waals surface area contributed by atoms with E-state index in [4.69, 9.17) is 4.74 Å². The van der Waals surface area contributed by atoms with Gasteiger partial charge in [-0.2, -0.15) is 26.3 Å². The summed E-state index contributed by atoms with van der Waals surface area (Å²) in [5.74, 6) is -2.14. The van der Waals surface area contributed by atoms with E-state index in [2.05, 4.69) is 5.32 Å². The summed E-state index contributed by atoms with van der Waals surface area (Å²) in [5.41, 5.74) is -0.460. The van der Waals surface area contributed by atoms with Gasteiger partial charge >= 0.3 is 18.3 Å². The highest BCUT2D eigenvalue weighted by molar-refractivity contribution is 5.80. The minimum atomic E-state index is -4.78. The summed E-state index contributed by atoms with van der Waals surface area (Å²) < 4.78 is 98.5. The molecule has 3 aromatic rings. The Morgan fingerprint density at radius 3 is 2.10 bits per heavy atom. The molecule has 0 aliphatic carbocycles. The molecule has 0 amide bonds. The van der Waals surface area contributed by atoms with Crippen molar-refractivity contribution in [3.8, 4) is 11.1 Å². The van der Waals surface area contributed by atoms with Gasteiger partial charge in [-0.15, -0.1) is 0 Å². The van der Waals surface area contributed by atoms with Crippen LogP contribution in [0.5, 0.6) is 0 Å². The number of alkyl halides is 6. The average Bonchev–Trinajstić information content (AvgIpc) is 2.85. The van der Waals surface area contributed by atoms with Crippen molar-refractivity contribution in [1.82, 2.24) is 0 Å². The molecule has 1 atom stereocenters. The van der Waals surface area contributed by atoms with Crippen molar-refractivity contribution in [3.63, 3.8) is 0 Å². The van der Waals surface area contributed by atoms with Crippen molar-refractivity contribution in [2.75, 3.05) is 11.9 Å². The molecule has 0 radical (unpaired) electrons. The highest BCUT2D eigenvalue weighted by Gasteiger charge is 2.34. The number of hydrogen-bond donors (Lipinski definition) is 1. The fourth-order valence-corrected chi connectivity index (χ4v) is 4.22. The summed E-state index contributed by atoms with van der Waals surface area (Å²) in [4.78, 5) is 12.8. The van der Waals surface area contributed by atoms with E-state index in [1.54, 1.807) is 25.1 Å². The lowest BCUT2D eigenvalue weighted by Gasteiger charge is -2.21. The summed E-state index contributed by atoms with van der Waals surface area (Å²) >= 11 is 0. The predicted octanol–water partition coefficient (Wildman–Crippen LogP) is 8.84. The van der Waals surface area contributed by atoms with Crippen LogP contribution in [0.25, 0.3) is 11.1 Å². The maximum Gasteiger partial charge on any atom is 0.416 e. The monoisotopic (exact) mass is 555 g/mol. The van der Waals surface area contributed by atoms with Gasteiger partial charge in [0.1, 0.15) is 5.82 Å². The number of ether oxygens (including phenoxy) is 1. The molecule has 0 heterocycles. The number of nitrogens with one attached hydrogen (secondary N) is 1. The Kier molecular flexibility index (Phi) is 9.30. The molecule has 3 nitrogen and oxygen atoms in total. The van der Waals surface area contributed by atoms with Crippen molar-refractivity contribution in [1.29, 1.82) is 0 Å². The molecule has 0 bridgehead atoms. The molecule has 3 rings (SSSR count).